The van der Waals surface area contributed by atoms with Crippen LogP contribution >= 0.6 is 0 Å². The van der Waals surface area contributed by atoms with Crippen LogP contribution < -0.4 is 16.6 Å². The van der Waals surface area contributed by atoms with Crippen LogP contribution in [0.2, 0.25) is 0 Å². The lowest BCUT2D eigenvalue weighted by molar-refractivity contribution is 0.0939. The highest BCUT2D eigenvalue weighted by Gasteiger charge is 2.13. The molecule has 112 valence electrons. The quantitative estimate of drug-likeness (QED) is 0.516. The summed E-state index contributed by atoms with van der Waals surface area (Å²) in [5, 5.41) is 2.90. The normalized spacial score (nSPS) is 11.2. The van der Waals surface area contributed by atoms with E-state index in [1.807, 2.05) is 0 Å². The zero-order chi connectivity index (χ0) is 15.1. The molecule has 0 aliphatic heterocycles. The van der Waals surface area contributed by atoms with Crippen molar-refractivity contribution in [2.45, 2.75) is 39.8 Å². The Balaban J connectivity index is 2.46. The molecule has 0 aliphatic carbocycles. The first-order valence-electron chi connectivity index (χ1n) is 6.92. The molecule has 4 N–H and O–H groups in total. The predicted molar refractivity (Wildman–Crippen MR) is 81.4 cm³/mol. The fraction of sp³-hybridized carbons (Fsp3) is 0.571. The van der Waals surface area contributed by atoms with E-state index in [1.165, 1.54) is 6.20 Å². The molecule has 0 unspecified atom stereocenters. The van der Waals surface area contributed by atoms with Crippen LogP contribution in [0.3, 0.4) is 0 Å². The molecule has 1 aromatic rings. The molecule has 1 amide bonds. The summed E-state index contributed by atoms with van der Waals surface area (Å²) in [6.07, 6.45) is 1.51. The molecule has 0 radical (unpaired) electrons. The number of anilines is 1. The van der Waals surface area contributed by atoms with E-state index in [4.69, 9.17) is 5.84 Å². The van der Waals surface area contributed by atoms with Crippen LogP contribution in [0, 0.1) is 0 Å². The molecule has 1 heterocycles. The molecule has 0 spiro atoms. The molecule has 0 fully saturated rings. The summed E-state index contributed by atoms with van der Waals surface area (Å²) in [6, 6.07) is 4.29. The number of hydrazine groups is 1. The van der Waals surface area contributed by atoms with E-state index in [9.17, 15) is 4.79 Å². The third-order valence-corrected chi connectivity index (χ3v) is 3.16. The highest BCUT2D eigenvalue weighted by Crippen LogP contribution is 2.05. The minimum atomic E-state index is -0.117. The second kappa shape index (κ2) is 7.81. The maximum absolute atomic E-state index is 11.9. The summed E-state index contributed by atoms with van der Waals surface area (Å²) in [4.78, 5) is 18.3. The van der Waals surface area contributed by atoms with E-state index in [0.29, 0.717) is 30.0 Å². The number of nitrogens with zero attached hydrogens (tertiary/aromatic N) is 2. The molecule has 20 heavy (non-hydrogen) atoms. The highest BCUT2D eigenvalue weighted by molar-refractivity contribution is 5.94. The van der Waals surface area contributed by atoms with Gasteiger partial charge in [-0.25, -0.2) is 10.8 Å². The fourth-order valence-electron chi connectivity index (χ4n) is 2.13. The van der Waals surface area contributed by atoms with Crippen molar-refractivity contribution in [2.24, 2.45) is 5.84 Å². The summed E-state index contributed by atoms with van der Waals surface area (Å²) in [5.74, 6) is 5.64. The van der Waals surface area contributed by atoms with Crippen molar-refractivity contribution >= 4 is 11.7 Å². The molecule has 1 rings (SSSR count). The lowest BCUT2D eigenvalue weighted by Gasteiger charge is -2.30. The number of aromatic nitrogens is 1. The number of nitrogens with two attached hydrogens (primary N) is 1. The Hall–Kier alpha value is -1.66. The first kappa shape index (κ1) is 16.4. The van der Waals surface area contributed by atoms with Crippen LogP contribution in [0.15, 0.2) is 18.3 Å². The summed E-state index contributed by atoms with van der Waals surface area (Å²) in [6.45, 7) is 10.1. The average molecular weight is 279 g/mol. The Labute approximate surface area is 120 Å². The Morgan fingerprint density at radius 1 is 1.30 bits per heavy atom. The summed E-state index contributed by atoms with van der Waals surface area (Å²) >= 11 is 0. The second-order valence-electron chi connectivity index (χ2n) is 5.26. The van der Waals surface area contributed by atoms with Crippen LogP contribution in [-0.4, -0.2) is 41.0 Å². The van der Waals surface area contributed by atoms with Crippen molar-refractivity contribution in [2.75, 3.05) is 18.5 Å². The fourth-order valence-corrected chi connectivity index (χ4v) is 2.13. The zero-order valence-corrected chi connectivity index (χ0v) is 12.7. The highest BCUT2D eigenvalue weighted by atomic mass is 16.1. The number of hydrogen-bond donors (Lipinski definition) is 3. The largest absolute Gasteiger partial charge is 0.351 e. The van der Waals surface area contributed by atoms with Crippen LogP contribution in [0.25, 0.3) is 0 Å². The summed E-state index contributed by atoms with van der Waals surface area (Å²) < 4.78 is 0. The minimum Gasteiger partial charge on any atom is -0.351 e. The Morgan fingerprint density at radius 2 is 1.95 bits per heavy atom. The van der Waals surface area contributed by atoms with Crippen LogP contribution in [0.4, 0.5) is 5.82 Å². The van der Waals surface area contributed by atoms with Gasteiger partial charge in [0.1, 0.15) is 5.82 Å². The van der Waals surface area contributed by atoms with Gasteiger partial charge in [0.2, 0.25) is 0 Å². The van der Waals surface area contributed by atoms with E-state index in [1.54, 1.807) is 12.1 Å². The van der Waals surface area contributed by atoms with Crippen molar-refractivity contribution in [1.29, 1.82) is 0 Å². The van der Waals surface area contributed by atoms with Gasteiger partial charge in [-0.1, -0.05) is 0 Å². The topological polar surface area (TPSA) is 83.3 Å². The van der Waals surface area contributed by atoms with Gasteiger partial charge >= 0.3 is 0 Å². The first-order valence-corrected chi connectivity index (χ1v) is 6.92. The molecule has 6 heteroatoms. The van der Waals surface area contributed by atoms with Crippen molar-refractivity contribution in [1.82, 2.24) is 15.2 Å². The molecule has 6 nitrogen and oxygen atoms in total. The molecule has 0 saturated heterocycles. The molecular weight excluding hydrogens is 254 g/mol. The van der Waals surface area contributed by atoms with Gasteiger partial charge in [-0.15, -0.1) is 0 Å². The first-order chi connectivity index (χ1) is 9.45. The van der Waals surface area contributed by atoms with Gasteiger partial charge in [0.15, 0.2) is 0 Å². The molecule has 0 saturated carbocycles. The smallest absolute Gasteiger partial charge is 0.252 e. The molecule has 0 aromatic carbocycles. The number of pyridine rings is 1. The molecule has 1 aromatic heterocycles. The van der Waals surface area contributed by atoms with Gasteiger partial charge in [0, 0.05) is 31.4 Å². The number of nitrogen functional groups attached to an aromatic ring is 1. The molecule has 0 atom stereocenters. The number of carbonyl (C=O) groups excluding carboxylic acids is 1. The number of hydrogen-bond acceptors (Lipinski definition) is 5. The van der Waals surface area contributed by atoms with Gasteiger partial charge in [-0.05, 0) is 39.8 Å². The van der Waals surface area contributed by atoms with Crippen LogP contribution in [0.1, 0.15) is 38.1 Å². The van der Waals surface area contributed by atoms with Crippen molar-refractivity contribution in [3.8, 4) is 0 Å². The number of amides is 1. The van der Waals surface area contributed by atoms with E-state index in [0.717, 1.165) is 6.54 Å². The number of nitrogens with one attached hydrogen (secondary N) is 2. The third-order valence-electron chi connectivity index (χ3n) is 3.16. The van der Waals surface area contributed by atoms with Crippen molar-refractivity contribution in [3.05, 3.63) is 23.9 Å². The molecular formula is C14H25N5O. The lowest BCUT2D eigenvalue weighted by atomic mass is 10.2. The standard InChI is InChI=1S/C14H25N5O/c1-10(2)19(11(3)4)8-7-16-14(20)12-5-6-13(18-15)17-9-12/h5-6,9-11H,7-8,15H2,1-4H3,(H,16,20)(H,17,18). The van der Waals surface area contributed by atoms with Gasteiger partial charge in [-0.3, -0.25) is 9.69 Å². The summed E-state index contributed by atoms with van der Waals surface area (Å²) in [7, 11) is 0. The number of carbonyl (C=O) groups is 1. The second-order valence-corrected chi connectivity index (χ2v) is 5.26. The van der Waals surface area contributed by atoms with Crippen molar-refractivity contribution < 1.29 is 4.79 Å². The maximum Gasteiger partial charge on any atom is 0.252 e. The van der Waals surface area contributed by atoms with E-state index in [-0.39, 0.29) is 5.91 Å². The zero-order valence-electron chi connectivity index (χ0n) is 12.7. The summed E-state index contributed by atoms with van der Waals surface area (Å²) in [5.41, 5.74) is 2.96. The Morgan fingerprint density at radius 3 is 2.40 bits per heavy atom. The van der Waals surface area contributed by atoms with E-state index in [2.05, 4.69) is 48.3 Å². The minimum absolute atomic E-state index is 0.117. The van der Waals surface area contributed by atoms with Crippen molar-refractivity contribution in [3.63, 3.8) is 0 Å². The predicted octanol–water partition coefficient (Wildman–Crippen LogP) is 1.22. The van der Waals surface area contributed by atoms with Gasteiger partial charge in [0.25, 0.3) is 5.91 Å². The van der Waals surface area contributed by atoms with Crippen LogP contribution in [0.5, 0.6) is 0 Å². The monoisotopic (exact) mass is 279 g/mol. The number of rotatable bonds is 7. The molecule has 0 bridgehead atoms. The SMILES string of the molecule is CC(C)N(CCNC(=O)c1ccc(NN)nc1)C(C)C. The average Bonchev–Trinajstić information content (AvgIpc) is 2.42. The Kier molecular flexibility index (Phi) is 6.41. The van der Waals surface area contributed by atoms with Crippen LogP contribution in [-0.2, 0) is 0 Å². The van der Waals surface area contributed by atoms with Gasteiger partial charge < -0.3 is 10.7 Å². The lowest BCUT2D eigenvalue weighted by Crippen LogP contribution is -2.42. The third kappa shape index (κ3) is 4.79. The maximum atomic E-state index is 11.9. The van der Waals surface area contributed by atoms with Gasteiger partial charge in [0.05, 0.1) is 5.56 Å². The van der Waals surface area contributed by atoms with E-state index < -0.39 is 0 Å². The van der Waals surface area contributed by atoms with Gasteiger partial charge in [-0.2, -0.15) is 0 Å². The Bertz CT molecular complexity index is 408. The molecule has 0 aliphatic rings. The van der Waals surface area contributed by atoms with E-state index >= 15 is 0 Å².